The third-order valence-electron chi connectivity index (χ3n) is 13.7. The number of hydrogen-bond donors (Lipinski definition) is 8. The number of ether oxygens (including phenoxy) is 4. The first kappa shape index (κ1) is 69.5. The van der Waals surface area contributed by atoms with E-state index < -0.39 is 65.0 Å². The quantitative estimate of drug-likeness (QED) is 0.0348. The number of nitrogens with zero attached hydrogens (tertiary/aromatic N) is 5. The predicted molar refractivity (Wildman–Crippen MR) is 296 cm³/mol. The summed E-state index contributed by atoms with van der Waals surface area (Å²) in [5.41, 5.74) is 16.5. The molecule has 2 fully saturated rings. The number of nitrogens with two attached hydrogens (primary N) is 3. The van der Waals surface area contributed by atoms with E-state index in [1.54, 1.807) is 0 Å². The van der Waals surface area contributed by atoms with Crippen molar-refractivity contribution >= 4 is 61.9 Å². The number of nitrogens with one attached hydrogen (secondary N) is 2. The van der Waals surface area contributed by atoms with Gasteiger partial charge in [-0.1, -0.05) is 39.0 Å². The standard InChI is InChI=1S/C51H90N10O18P2/c1-3-4-24-55-44(65)21-27-75-35-51(33-73-25-19-39(62)15-11-13-22-52,34-74-26-20-40(63)16-12-14-23-53)59-45(66)17-9-7-5-6-8-10-18-46(67)60-30-41(64)28-38(60)31-76-81(70,71)79-42-29-47(78-43(42)32-77-80(68,69)72-2)61-37-58-48-49(54)56-36-57-50(48)61/h36-38,41-43,47,64H,3-35,52-53H2,1-2H3,(H,55,65)(H,59,66)(H,68,69)(H,70,71)(H2,54,56,57)/t38-,41+,42-,43+,47+/m0/s1. The molecule has 4 rings (SSSR count). The molecule has 0 bridgehead atoms. The van der Waals surface area contributed by atoms with E-state index in [2.05, 4.69) is 30.1 Å². The maximum absolute atomic E-state index is 13.6. The highest BCUT2D eigenvalue weighted by Gasteiger charge is 2.44. The fourth-order valence-electron chi connectivity index (χ4n) is 9.19. The highest BCUT2D eigenvalue weighted by molar-refractivity contribution is 7.47. The molecule has 0 spiro atoms. The number of unbranched alkanes of at least 4 members (excludes halogenated alkanes) is 8. The van der Waals surface area contributed by atoms with Crippen LogP contribution < -0.4 is 27.8 Å². The van der Waals surface area contributed by atoms with Gasteiger partial charge in [-0.3, -0.25) is 46.6 Å². The Morgan fingerprint density at radius 1 is 0.741 bits per heavy atom. The second kappa shape index (κ2) is 37.4. The number of carbonyl (C=O) groups excluding carboxylic acids is 5. The average molecular weight is 1190 g/mol. The van der Waals surface area contributed by atoms with Crippen molar-refractivity contribution in [3.8, 4) is 0 Å². The number of rotatable bonds is 46. The highest BCUT2D eigenvalue weighted by Crippen LogP contribution is 2.50. The van der Waals surface area contributed by atoms with Gasteiger partial charge in [0.05, 0.1) is 71.3 Å². The lowest BCUT2D eigenvalue weighted by Gasteiger charge is -2.34. The molecule has 11 N–H and O–H groups in total. The molecule has 2 aromatic rings. The maximum atomic E-state index is 13.6. The van der Waals surface area contributed by atoms with E-state index in [0.717, 1.165) is 45.6 Å². The van der Waals surface area contributed by atoms with Gasteiger partial charge in [-0.15, -0.1) is 0 Å². The molecule has 0 radical (unpaired) electrons. The van der Waals surface area contributed by atoms with Gasteiger partial charge in [0.25, 0.3) is 0 Å². The van der Waals surface area contributed by atoms with Gasteiger partial charge in [0.2, 0.25) is 17.7 Å². The van der Waals surface area contributed by atoms with E-state index in [9.17, 15) is 48.0 Å². The van der Waals surface area contributed by atoms with Gasteiger partial charge in [0.1, 0.15) is 47.4 Å². The van der Waals surface area contributed by atoms with Crippen LogP contribution >= 0.6 is 15.6 Å². The van der Waals surface area contributed by atoms with E-state index in [-0.39, 0.29) is 132 Å². The van der Waals surface area contributed by atoms with Crippen LogP contribution in [-0.4, -0.2) is 185 Å². The predicted octanol–water partition coefficient (Wildman–Crippen LogP) is 3.43. The Kier molecular flexibility index (Phi) is 32.1. The third kappa shape index (κ3) is 26.2. The lowest BCUT2D eigenvalue weighted by atomic mass is 10.0. The molecule has 2 unspecified atom stereocenters. The van der Waals surface area contributed by atoms with Gasteiger partial charge in [-0.05, 0) is 64.5 Å². The van der Waals surface area contributed by atoms with Gasteiger partial charge < -0.3 is 66.6 Å². The van der Waals surface area contributed by atoms with Crippen LogP contribution in [0.1, 0.15) is 148 Å². The summed E-state index contributed by atoms with van der Waals surface area (Å²) in [7, 11) is -8.42. The van der Waals surface area contributed by atoms with Gasteiger partial charge in [0.15, 0.2) is 11.5 Å². The van der Waals surface area contributed by atoms with Gasteiger partial charge in [0, 0.05) is 71.6 Å². The molecule has 3 amide bonds. The summed E-state index contributed by atoms with van der Waals surface area (Å²) in [5, 5.41) is 16.5. The highest BCUT2D eigenvalue weighted by atomic mass is 31.2. The van der Waals surface area contributed by atoms with E-state index in [0.29, 0.717) is 76.6 Å². The van der Waals surface area contributed by atoms with Crippen molar-refractivity contribution in [3.05, 3.63) is 12.7 Å². The molecule has 0 saturated carbocycles. The van der Waals surface area contributed by atoms with Crippen LogP contribution in [0.25, 0.3) is 11.2 Å². The molecule has 2 aliphatic heterocycles. The Morgan fingerprint density at radius 3 is 1.95 bits per heavy atom. The minimum absolute atomic E-state index is 0.00323. The van der Waals surface area contributed by atoms with Gasteiger partial charge >= 0.3 is 15.6 Å². The number of anilines is 1. The molecule has 2 aromatic heterocycles. The minimum atomic E-state index is -4.90. The minimum Gasteiger partial charge on any atom is -0.391 e. The second-order valence-electron chi connectivity index (χ2n) is 20.5. The first-order valence-electron chi connectivity index (χ1n) is 28.3. The van der Waals surface area contributed by atoms with E-state index in [1.165, 1.54) is 22.1 Å². The summed E-state index contributed by atoms with van der Waals surface area (Å²) in [6.07, 6.45) is 8.67. The number of aromatic nitrogens is 4. The number of aliphatic hydroxyl groups is 1. The summed E-state index contributed by atoms with van der Waals surface area (Å²) in [4.78, 5) is 99.1. The monoisotopic (exact) mass is 1190 g/mol. The van der Waals surface area contributed by atoms with Crippen molar-refractivity contribution < 1.29 is 85.0 Å². The third-order valence-corrected chi connectivity index (χ3v) is 15.7. The number of aliphatic hydroxyl groups excluding tert-OH is 1. The van der Waals surface area contributed by atoms with Crippen molar-refractivity contribution in [2.24, 2.45) is 11.5 Å². The molecule has 2 aliphatic rings. The lowest BCUT2D eigenvalue weighted by molar-refractivity contribution is -0.133. The molecular weight excluding hydrogens is 1100 g/mol. The molecule has 28 nitrogen and oxygen atoms in total. The molecule has 2 saturated heterocycles. The number of likely N-dealkylation sites (tertiary alicyclic amines) is 1. The molecule has 30 heteroatoms. The number of fused-ring (bicyclic) bond motifs is 1. The Labute approximate surface area is 474 Å². The normalized spacial score (nSPS) is 19.9. The summed E-state index contributed by atoms with van der Waals surface area (Å²) in [6.45, 7) is 2.70. The number of phosphoric ester groups is 2. The molecule has 4 heterocycles. The van der Waals surface area contributed by atoms with Crippen molar-refractivity contribution in [2.75, 3.05) is 91.9 Å². The largest absolute Gasteiger partial charge is 0.472 e. The van der Waals surface area contributed by atoms with Crippen LogP contribution in [0.5, 0.6) is 0 Å². The summed E-state index contributed by atoms with van der Waals surface area (Å²) in [6, 6.07) is -0.745. The van der Waals surface area contributed by atoms with E-state index >= 15 is 0 Å². The SMILES string of the molecule is CCCCNC(=O)CCOCC(COCCC(=O)CCCCN)(COCCC(=O)CCCCN)NC(=O)CCCCCCCCC(=O)N1C[C@H](O)C[C@H]1COP(=O)(O)O[C@H]1C[C@H](n2cnc3c(N)ncnc32)O[C@@H]1COP(=O)(O)OC. The van der Waals surface area contributed by atoms with Crippen LogP contribution in [0.2, 0.25) is 0 Å². The molecular formula is C51H90N10O18P2. The van der Waals surface area contributed by atoms with Gasteiger partial charge in [-0.25, -0.2) is 24.1 Å². The number of β-amino-alcohol motifs (C(OH)–C–C–N with tert-alkyl or cyclic N) is 1. The van der Waals surface area contributed by atoms with E-state index in [4.69, 9.17) is 49.7 Å². The summed E-state index contributed by atoms with van der Waals surface area (Å²) in [5.74, 6) is -0.521. The number of phosphoric acid groups is 2. The zero-order valence-corrected chi connectivity index (χ0v) is 49.0. The van der Waals surface area contributed by atoms with Crippen molar-refractivity contribution in [1.82, 2.24) is 35.1 Å². The number of amides is 3. The average Bonchev–Trinajstić information content (AvgIpc) is 4.23. The fourth-order valence-corrected chi connectivity index (χ4v) is 10.6. The molecule has 0 aromatic carbocycles. The van der Waals surface area contributed by atoms with Crippen LogP contribution in [0.3, 0.4) is 0 Å². The zero-order valence-electron chi connectivity index (χ0n) is 47.2. The second-order valence-corrected chi connectivity index (χ2v) is 23.5. The number of ketones is 2. The van der Waals surface area contributed by atoms with Crippen molar-refractivity contribution in [3.63, 3.8) is 0 Å². The fraction of sp³-hybridized carbons (Fsp3) is 0.804. The van der Waals surface area contributed by atoms with Crippen LogP contribution in [0.4, 0.5) is 5.82 Å². The summed E-state index contributed by atoms with van der Waals surface area (Å²) < 4.78 is 71.6. The summed E-state index contributed by atoms with van der Waals surface area (Å²) >= 11 is 0. The topological polar surface area (TPSA) is 403 Å². The number of hydrogen-bond acceptors (Lipinski definition) is 22. The van der Waals surface area contributed by atoms with Crippen molar-refractivity contribution in [1.29, 1.82) is 0 Å². The van der Waals surface area contributed by atoms with Crippen LogP contribution in [0, 0.1) is 0 Å². The van der Waals surface area contributed by atoms with Crippen LogP contribution in [0.15, 0.2) is 12.7 Å². The zero-order chi connectivity index (χ0) is 59.1. The van der Waals surface area contributed by atoms with Crippen LogP contribution in [-0.2, 0) is 70.1 Å². The Hall–Kier alpha value is -3.96. The van der Waals surface area contributed by atoms with Gasteiger partial charge in [-0.2, -0.15) is 0 Å². The Morgan fingerprint density at radius 2 is 1.33 bits per heavy atom. The number of carbonyl (C=O) groups is 5. The molecule has 7 atom stereocenters. The molecule has 81 heavy (non-hydrogen) atoms. The Bertz CT molecular complexity index is 2250. The Balaban J connectivity index is 1.25. The number of Topliss-reactive ketones (excluding diaryl/α,β-unsaturated/α-hetero) is 2. The number of nitrogen functional groups attached to an aromatic ring is 1. The molecule has 462 valence electrons. The molecule has 0 aliphatic carbocycles. The van der Waals surface area contributed by atoms with Crippen molar-refractivity contribution in [2.45, 2.75) is 178 Å². The lowest BCUT2D eigenvalue weighted by Crippen LogP contribution is -2.58. The first-order chi connectivity index (χ1) is 38.8. The number of imidazole rings is 1. The maximum Gasteiger partial charge on any atom is 0.472 e. The smallest absolute Gasteiger partial charge is 0.391 e. The van der Waals surface area contributed by atoms with E-state index in [1.807, 2.05) is 6.92 Å². The first-order valence-corrected chi connectivity index (χ1v) is 31.3.